The molecule has 2 aromatic carbocycles. The fourth-order valence-electron chi connectivity index (χ4n) is 2.02. The molecule has 0 saturated carbocycles. The van der Waals surface area contributed by atoms with Crippen LogP contribution in [-0.2, 0) is 4.74 Å². The second-order valence-electron chi connectivity index (χ2n) is 4.60. The number of ether oxygens (including phenoxy) is 1. The van der Waals surface area contributed by atoms with Crippen LogP contribution < -0.4 is 0 Å². The molecular weight excluding hydrogens is 285 g/mol. The maximum absolute atomic E-state index is 13.3. The largest absolute Gasteiger partial charge is 0.458 e. The van der Waals surface area contributed by atoms with Crippen LogP contribution in [-0.4, -0.2) is 17.6 Å². The number of hydrogen-bond donors (Lipinski definition) is 0. The van der Waals surface area contributed by atoms with E-state index in [2.05, 4.69) is 11.6 Å². The lowest BCUT2D eigenvalue weighted by Gasteiger charge is -2.00. The Morgan fingerprint density at radius 2 is 2.18 bits per heavy atom. The molecule has 0 fully saturated rings. The summed E-state index contributed by atoms with van der Waals surface area (Å²) in [7, 11) is 0. The Morgan fingerprint density at radius 1 is 1.32 bits per heavy atom. The monoisotopic (exact) mass is 297 g/mol. The summed E-state index contributed by atoms with van der Waals surface area (Å²) in [6.07, 6.45) is 1.49. The summed E-state index contributed by atoms with van der Waals surface area (Å²) in [4.78, 5) is 16.1. The number of benzene rings is 2. The Hall–Kier alpha value is -2.95. The molecule has 0 N–H and O–H groups in total. The van der Waals surface area contributed by atoms with Gasteiger partial charge in [0.15, 0.2) is 5.58 Å². The van der Waals surface area contributed by atoms with Crippen molar-refractivity contribution in [2.75, 3.05) is 6.61 Å². The molecule has 0 unspecified atom stereocenters. The third-order valence-corrected chi connectivity index (χ3v) is 3.03. The first-order valence-electron chi connectivity index (χ1n) is 6.62. The number of carbonyl (C=O) groups is 1. The number of oxazole rings is 1. The van der Waals surface area contributed by atoms with Gasteiger partial charge in [-0.1, -0.05) is 18.7 Å². The molecule has 5 heteroatoms. The summed E-state index contributed by atoms with van der Waals surface area (Å²) in [5, 5.41) is 0. The van der Waals surface area contributed by atoms with Crippen molar-refractivity contribution in [2.45, 2.75) is 0 Å². The maximum atomic E-state index is 13.3. The number of aromatic nitrogens is 1. The third kappa shape index (κ3) is 2.74. The summed E-state index contributed by atoms with van der Waals surface area (Å²) in [6, 6.07) is 10.8. The Labute approximate surface area is 125 Å². The van der Waals surface area contributed by atoms with Crippen molar-refractivity contribution in [2.24, 2.45) is 0 Å². The molecule has 22 heavy (non-hydrogen) atoms. The molecule has 0 aliphatic heterocycles. The summed E-state index contributed by atoms with van der Waals surface area (Å²) in [5.74, 6) is -0.531. The highest BCUT2D eigenvalue weighted by Gasteiger charge is 2.12. The maximum Gasteiger partial charge on any atom is 0.338 e. The van der Waals surface area contributed by atoms with Crippen LogP contribution in [0, 0.1) is 5.82 Å². The fourth-order valence-corrected chi connectivity index (χ4v) is 2.02. The van der Waals surface area contributed by atoms with E-state index in [-0.39, 0.29) is 12.4 Å². The Morgan fingerprint density at radius 3 is 2.95 bits per heavy atom. The molecule has 0 saturated heterocycles. The number of halogens is 1. The molecule has 0 bridgehead atoms. The van der Waals surface area contributed by atoms with Gasteiger partial charge in [-0.05, 0) is 36.4 Å². The Balaban J connectivity index is 1.96. The molecular formula is C17H12FNO3. The van der Waals surface area contributed by atoms with Crippen molar-refractivity contribution in [3.05, 3.63) is 66.5 Å². The SMILES string of the molecule is C=CCOC(=O)c1ccc2oc(-c3cccc(F)c3)nc2c1. The highest BCUT2D eigenvalue weighted by atomic mass is 19.1. The molecule has 0 aliphatic carbocycles. The number of nitrogens with zero attached hydrogens (tertiary/aromatic N) is 1. The van der Waals surface area contributed by atoms with Gasteiger partial charge in [0.25, 0.3) is 0 Å². The molecule has 4 nitrogen and oxygen atoms in total. The summed E-state index contributed by atoms with van der Waals surface area (Å²) in [6.45, 7) is 3.63. The summed E-state index contributed by atoms with van der Waals surface area (Å²) in [5.41, 5.74) is 1.92. The molecule has 110 valence electrons. The second kappa shape index (κ2) is 5.81. The van der Waals surface area contributed by atoms with E-state index in [9.17, 15) is 9.18 Å². The number of hydrogen-bond acceptors (Lipinski definition) is 4. The van der Waals surface area contributed by atoms with E-state index in [1.165, 1.54) is 18.2 Å². The minimum atomic E-state index is -0.461. The van der Waals surface area contributed by atoms with E-state index in [4.69, 9.17) is 9.15 Å². The van der Waals surface area contributed by atoms with Crippen molar-refractivity contribution in [3.63, 3.8) is 0 Å². The van der Waals surface area contributed by atoms with Crippen molar-refractivity contribution >= 4 is 17.1 Å². The lowest BCUT2D eigenvalue weighted by molar-refractivity contribution is 0.0550. The van der Waals surface area contributed by atoms with E-state index in [1.54, 1.807) is 30.3 Å². The smallest absolute Gasteiger partial charge is 0.338 e. The second-order valence-corrected chi connectivity index (χ2v) is 4.60. The molecule has 3 rings (SSSR count). The Bertz CT molecular complexity index is 854. The van der Waals surface area contributed by atoms with Crippen LogP contribution in [0.15, 0.2) is 59.5 Å². The van der Waals surface area contributed by atoms with Gasteiger partial charge in [0.1, 0.15) is 17.9 Å². The van der Waals surface area contributed by atoms with Crippen LogP contribution >= 0.6 is 0 Å². The number of rotatable bonds is 4. The highest BCUT2D eigenvalue weighted by molar-refractivity contribution is 5.93. The summed E-state index contributed by atoms with van der Waals surface area (Å²) >= 11 is 0. The van der Waals surface area contributed by atoms with Gasteiger partial charge in [-0.25, -0.2) is 14.2 Å². The molecule has 1 aromatic heterocycles. The van der Waals surface area contributed by atoms with Gasteiger partial charge in [0.2, 0.25) is 5.89 Å². The average Bonchev–Trinajstić information content (AvgIpc) is 2.95. The van der Waals surface area contributed by atoms with E-state index >= 15 is 0 Å². The number of esters is 1. The zero-order valence-corrected chi connectivity index (χ0v) is 11.6. The van der Waals surface area contributed by atoms with E-state index < -0.39 is 5.97 Å². The molecule has 1 heterocycles. The zero-order valence-electron chi connectivity index (χ0n) is 11.6. The lowest BCUT2D eigenvalue weighted by atomic mass is 10.2. The van der Waals surface area contributed by atoms with Gasteiger partial charge in [0.05, 0.1) is 5.56 Å². The van der Waals surface area contributed by atoms with Crippen LogP contribution in [0.1, 0.15) is 10.4 Å². The molecule has 0 aliphatic rings. The Kier molecular flexibility index (Phi) is 3.70. The highest BCUT2D eigenvalue weighted by Crippen LogP contribution is 2.25. The van der Waals surface area contributed by atoms with Crippen LogP contribution in [0.3, 0.4) is 0 Å². The van der Waals surface area contributed by atoms with Crippen molar-refractivity contribution in [3.8, 4) is 11.5 Å². The lowest BCUT2D eigenvalue weighted by Crippen LogP contribution is -2.04. The number of carbonyl (C=O) groups excluding carboxylic acids is 1. The first kappa shape index (κ1) is 14.0. The first-order chi connectivity index (χ1) is 10.7. The normalized spacial score (nSPS) is 10.6. The van der Waals surface area contributed by atoms with Crippen molar-refractivity contribution in [1.82, 2.24) is 4.98 Å². The van der Waals surface area contributed by atoms with Crippen molar-refractivity contribution in [1.29, 1.82) is 0 Å². The predicted molar refractivity (Wildman–Crippen MR) is 79.9 cm³/mol. The van der Waals surface area contributed by atoms with E-state index in [0.717, 1.165) is 0 Å². The number of fused-ring (bicyclic) bond motifs is 1. The van der Waals surface area contributed by atoms with Crippen LogP contribution in [0.5, 0.6) is 0 Å². The van der Waals surface area contributed by atoms with Gasteiger partial charge in [-0.3, -0.25) is 0 Å². The molecule has 0 radical (unpaired) electrons. The molecule has 0 amide bonds. The standard InChI is InChI=1S/C17H12FNO3/c1-2-8-21-17(20)12-6-7-15-14(10-12)19-16(22-15)11-4-3-5-13(18)9-11/h2-7,9-10H,1,8H2. The van der Waals surface area contributed by atoms with Crippen molar-refractivity contribution < 1.29 is 18.3 Å². The van der Waals surface area contributed by atoms with E-state index in [0.29, 0.717) is 28.1 Å². The quantitative estimate of drug-likeness (QED) is 0.540. The summed E-state index contributed by atoms with van der Waals surface area (Å²) < 4.78 is 23.8. The minimum Gasteiger partial charge on any atom is -0.458 e. The molecule has 0 spiro atoms. The van der Waals surface area contributed by atoms with Gasteiger partial charge < -0.3 is 9.15 Å². The van der Waals surface area contributed by atoms with E-state index in [1.807, 2.05) is 0 Å². The topological polar surface area (TPSA) is 52.3 Å². The van der Waals surface area contributed by atoms with Crippen LogP contribution in [0.4, 0.5) is 4.39 Å². The zero-order chi connectivity index (χ0) is 15.5. The minimum absolute atomic E-state index is 0.143. The third-order valence-electron chi connectivity index (χ3n) is 3.03. The predicted octanol–water partition coefficient (Wildman–Crippen LogP) is 3.98. The first-order valence-corrected chi connectivity index (χ1v) is 6.62. The van der Waals surface area contributed by atoms with Crippen LogP contribution in [0.2, 0.25) is 0 Å². The average molecular weight is 297 g/mol. The van der Waals surface area contributed by atoms with Gasteiger partial charge in [-0.2, -0.15) is 0 Å². The van der Waals surface area contributed by atoms with Crippen LogP contribution in [0.25, 0.3) is 22.6 Å². The van der Waals surface area contributed by atoms with Gasteiger partial charge in [-0.15, -0.1) is 0 Å². The fraction of sp³-hybridized carbons (Fsp3) is 0.0588. The molecule has 0 atom stereocenters. The molecule has 3 aromatic rings. The van der Waals surface area contributed by atoms with Gasteiger partial charge in [0, 0.05) is 5.56 Å². The van der Waals surface area contributed by atoms with Gasteiger partial charge >= 0.3 is 5.97 Å².